The molecule has 1 amide bonds. The number of amides is 1. The number of piperidine rings is 1. The Bertz CT molecular complexity index is 1210. The highest BCUT2D eigenvalue weighted by atomic mass is 35.5. The summed E-state index contributed by atoms with van der Waals surface area (Å²) in [5, 5.41) is 0.747. The molecule has 2 heterocycles. The molecule has 0 spiro atoms. The summed E-state index contributed by atoms with van der Waals surface area (Å²) < 4.78 is 31.5. The third-order valence-electron chi connectivity index (χ3n) is 5.64. The van der Waals surface area contributed by atoms with Gasteiger partial charge < -0.3 is 9.64 Å². The maximum Gasteiger partial charge on any atom is 0.274 e. The van der Waals surface area contributed by atoms with Crippen LogP contribution in [0.3, 0.4) is 0 Å². The summed E-state index contributed by atoms with van der Waals surface area (Å²) in [7, 11) is -3.31. The highest BCUT2D eigenvalue weighted by Crippen LogP contribution is 2.33. The maximum absolute atomic E-state index is 12.7. The number of nitrogens with zero attached hydrogens (tertiary/aromatic N) is 2. The van der Waals surface area contributed by atoms with Crippen LogP contribution < -0.4 is 4.74 Å². The van der Waals surface area contributed by atoms with E-state index in [9.17, 15) is 13.2 Å². The number of hydrogen-bond donors (Lipinski definition) is 0. The summed E-state index contributed by atoms with van der Waals surface area (Å²) in [6.45, 7) is 4.56. The predicted molar refractivity (Wildman–Crippen MR) is 127 cm³/mol. The van der Waals surface area contributed by atoms with Crippen molar-refractivity contribution in [3.63, 3.8) is 0 Å². The molecule has 3 aromatic rings. The van der Waals surface area contributed by atoms with E-state index in [1.54, 1.807) is 38.1 Å². The van der Waals surface area contributed by atoms with Gasteiger partial charge >= 0.3 is 0 Å². The molecule has 0 N–H and O–H groups in total. The molecule has 170 valence electrons. The summed E-state index contributed by atoms with van der Waals surface area (Å²) >= 11 is 7.67. The maximum atomic E-state index is 12.7. The molecule has 0 saturated carbocycles. The second-order valence-electron chi connectivity index (χ2n) is 8.18. The molecule has 0 atom stereocenters. The van der Waals surface area contributed by atoms with Crippen LogP contribution in [0.1, 0.15) is 32.3 Å². The Morgan fingerprint density at radius 3 is 2.50 bits per heavy atom. The molecule has 32 heavy (non-hydrogen) atoms. The first kappa shape index (κ1) is 23.0. The van der Waals surface area contributed by atoms with E-state index in [0.717, 1.165) is 28.6 Å². The third kappa shape index (κ3) is 4.92. The van der Waals surface area contributed by atoms with Crippen LogP contribution in [-0.4, -0.2) is 48.7 Å². The summed E-state index contributed by atoms with van der Waals surface area (Å²) in [6.07, 6.45) is 1.74. The zero-order chi connectivity index (χ0) is 22.9. The van der Waals surface area contributed by atoms with Gasteiger partial charge in [0.1, 0.15) is 11.6 Å². The van der Waals surface area contributed by atoms with Crippen molar-refractivity contribution in [2.45, 2.75) is 49.4 Å². The molecule has 0 radical (unpaired) electrons. The van der Waals surface area contributed by atoms with E-state index in [2.05, 4.69) is 4.98 Å². The number of aromatic nitrogens is 1. The second kappa shape index (κ2) is 9.37. The SMILES string of the molecule is CC(C)S(=O)(=O)c1ccc(CC(=O)N2CCC(Oc3nc4c(Cl)cccc4s3)CC2)cc1. The highest BCUT2D eigenvalue weighted by Gasteiger charge is 2.25. The average molecular weight is 493 g/mol. The zero-order valence-corrected chi connectivity index (χ0v) is 20.3. The third-order valence-corrected chi connectivity index (χ3v) is 9.03. The van der Waals surface area contributed by atoms with Crippen LogP contribution in [0, 0.1) is 0 Å². The van der Waals surface area contributed by atoms with Crippen molar-refractivity contribution in [3.05, 3.63) is 53.1 Å². The van der Waals surface area contributed by atoms with Crippen molar-refractivity contribution in [1.29, 1.82) is 0 Å². The van der Waals surface area contributed by atoms with Crippen LogP contribution in [0.5, 0.6) is 5.19 Å². The van der Waals surface area contributed by atoms with Gasteiger partial charge in [-0.3, -0.25) is 4.79 Å². The Hall–Kier alpha value is -2.16. The molecular formula is C23H25ClN2O4S2. The minimum absolute atomic E-state index is 0.0129. The van der Waals surface area contributed by atoms with Crippen molar-refractivity contribution in [2.75, 3.05) is 13.1 Å². The Kier molecular flexibility index (Phi) is 6.74. The second-order valence-corrected chi connectivity index (χ2v) is 12.1. The number of benzene rings is 2. The fourth-order valence-corrected chi connectivity index (χ4v) is 5.91. The largest absolute Gasteiger partial charge is 0.467 e. The number of rotatable bonds is 6. The first-order valence-corrected chi connectivity index (χ1v) is 13.3. The Balaban J connectivity index is 1.31. The van der Waals surface area contributed by atoms with Gasteiger partial charge in [0.2, 0.25) is 5.91 Å². The summed E-state index contributed by atoms with van der Waals surface area (Å²) in [4.78, 5) is 19.3. The van der Waals surface area contributed by atoms with Gasteiger partial charge in [-0.1, -0.05) is 41.1 Å². The number of fused-ring (bicyclic) bond motifs is 1. The van der Waals surface area contributed by atoms with Crippen LogP contribution in [0.4, 0.5) is 0 Å². The molecule has 0 unspecified atom stereocenters. The lowest BCUT2D eigenvalue weighted by atomic mass is 10.1. The van der Waals surface area contributed by atoms with E-state index in [0.29, 0.717) is 23.3 Å². The van der Waals surface area contributed by atoms with E-state index in [1.807, 2.05) is 23.1 Å². The molecule has 1 fully saturated rings. The van der Waals surface area contributed by atoms with E-state index in [4.69, 9.17) is 16.3 Å². The quantitative estimate of drug-likeness (QED) is 0.496. The van der Waals surface area contributed by atoms with E-state index in [-0.39, 0.29) is 23.3 Å². The molecule has 1 saturated heterocycles. The molecule has 0 aliphatic carbocycles. The fourth-order valence-electron chi connectivity index (χ4n) is 3.67. The predicted octanol–water partition coefficient (Wildman–Crippen LogP) is 4.74. The number of likely N-dealkylation sites (tertiary alicyclic amines) is 1. The van der Waals surface area contributed by atoms with Gasteiger partial charge in [0.15, 0.2) is 9.84 Å². The number of carbonyl (C=O) groups is 1. The lowest BCUT2D eigenvalue weighted by Gasteiger charge is -2.31. The Labute approximate surface area is 197 Å². The van der Waals surface area contributed by atoms with Gasteiger partial charge in [0.05, 0.1) is 26.3 Å². The van der Waals surface area contributed by atoms with Crippen LogP contribution in [-0.2, 0) is 21.1 Å². The topological polar surface area (TPSA) is 76.6 Å². The zero-order valence-electron chi connectivity index (χ0n) is 18.0. The molecule has 6 nitrogen and oxygen atoms in total. The van der Waals surface area contributed by atoms with Crippen LogP contribution in [0.25, 0.3) is 10.2 Å². The number of thiazole rings is 1. The first-order valence-electron chi connectivity index (χ1n) is 10.6. The number of sulfone groups is 1. The van der Waals surface area contributed by atoms with E-state index < -0.39 is 15.1 Å². The van der Waals surface area contributed by atoms with Gasteiger partial charge in [0.25, 0.3) is 5.19 Å². The van der Waals surface area contributed by atoms with Gasteiger partial charge in [-0.25, -0.2) is 13.4 Å². The molecule has 1 aliphatic heterocycles. The van der Waals surface area contributed by atoms with Gasteiger partial charge in [-0.15, -0.1) is 0 Å². The van der Waals surface area contributed by atoms with Crippen LogP contribution in [0.2, 0.25) is 5.02 Å². The monoisotopic (exact) mass is 492 g/mol. The summed E-state index contributed by atoms with van der Waals surface area (Å²) in [5.74, 6) is 0.0367. The Morgan fingerprint density at radius 1 is 1.19 bits per heavy atom. The lowest BCUT2D eigenvalue weighted by Crippen LogP contribution is -2.42. The number of hydrogen-bond acceptors (Lipinski definition) is 6. The molecule has 2 aromatic carbocycles. The van der Waals surface area contributed by atoms with Crippen molar-refractivity contribution >= 4 is 48.9 Å². The van der Waals surface area contributed by atoms with Crippen molar-refractivity contribution in [2.24, 2.45) is 0 Å². The molecular weight excluding hydrogens is 468 g/mol. The smallest absolute Gasteiger partial charge is 0.274 e. The van der Waals surface area contributed by atoms with Crippen LogP contribution in [0.15, 0.2) is 47.4 Å². The lowest BCUT2D eigenvalue weighted by molar-refractivity contribution is -0.132. The van der Waals surface area contributed by atoms with E-state index in [1.165, 1.54) is 11.3 Å². The highest BCUT2D eigenvalue weighted by molar-refractivity contribution is 7.92. The molecule has 1 aromatic heterocycles. The van der Waals surface area contributed by atoms with Gasteiger partial charge in [-0.2, -0.15) is 0 Å². The fraction of sp³-hybridized carbons (Fsp3) is 0.391. The molecule has 1 aliphatic rings. The number of para-hydroxylation sites is 1. The number of carbonyl (C=O) groups excluding carboxylic acids is 1. The van der Waals surface area contributed by atoms with Crippen LogP contribution >= 0.6 is 22.9 Å². The molecule has 9 heteroatoms. The van der Waals surface area contributed by atoms with Crippen molar-refractivity contribution < 1.29 is 17.9 Å². The van der Waals surface area contributed by atoms with Gasteiger partial charge in [0, 0.05) is 25.9 Å². The van der Waals surface area contributed by atoms with E-state index >= 15 is 0 Å². The van der Waals surface area contributed by atoms with Crippen molar-refractivity contribution in [3.8, 4) is 5.19 Å². The molecule has 4 rings (SSSR count). The van der Waals surface area contributed by atoms with Gasteiger partial charge in [-0.05, 0) is 43.7 Å². The average Bonchev–Trinajstić information content (AvgIpc) is 3.18. The normalized spacial score (nSPS) is 15.4. The Morgan fingerprint density at radius 2 is 1.88 bits per heavy atom. The minimum atomic E-state index is -3.31. The number of ether oxygens (including phenoxy) is 1. The van der Waals surface area contributed by atoms with Crippen molar-refractivity contribution in [1.82, 2.24) is 9.88 Å². The first-order chi connectivity index (χ1) is 15.2. The standard InChI is InChI=1S/C23H25ClN2O4S2/c1-15(2)32(28,29)18-8-6-16(7-9-18)14-21(27)26-12-10-17(11-13-26)30-23-25-22-19(24)4-3-5-20(22)31-23/h3-9,15,17H,10-14H2,1-2H3. The molecule has 0 bridgehead atoms. The summed E-state index contributed by atoms with van der Waals surface area (Å²) in [5.41, 5.74) is 1.57. The number of halogens is 1. The minimum Gasteiger partial charge on any atom is -0.467 e. The summed E-state index contributed by atoms with van der Waals surface area (Å²) in [6, 6.07) is 12.3.